The molecule has 1 aromatic carbocycles. The fraction of sp³-hybridized carbons (Fsp3) is 0.467. The normalized spacial score (nSPS) is 13.1. The van der Waals surface area contributed by atoms with E-state index in [1.807, 2.05) is 6.07 Å². The fourth-order valence-electron chi connectivity index (χ4n) is 1.77. The van der Waals surface area contributed by atoms with Gasteiger partial charge in [0.05, 0.1) is 6.61 Å². The Hall–Kier alpha value is -1.26. The van der Waals surface area contributed by atoms with E-state index in [0.29, 0.717) is 19.1 Å². The van der Waals surface area contributed by atoms with Crippen molar-refractivity contribution >= 4 is 0 Å². The fourth-order valence-corrected chi connectivity index (χ4v) is 1.77. The Labute approximate surface area is 98.8 Å². The molecule has 1 heteroatoms. The van der Waals surface area contributed by atoms with Crippen molar-refractivity contribution in [2.45, 2.75) is 26.7 Å². The molecule has 0 N–H and O–H groups in total. The van der Waals surface area contributed by atoms with Crippen molar-refractivity contribution in [3.63, 3.8) is 0 Å². The van der Waals surface area contributed by atoms with E-state index >= 15 is 0 Å². The number of hydrogen-bond acceptors (Lipinski definition) is 1. The molecule has 86 valence electrons. The van der Waals surface area contributed by atoms with E-state index in [1.165, 1.54) is 5.56 Å². The van der Waals surface area contributed by atoms with Crippen LogP contribution in [0.5, 0.6) is 0 Å². The van der Waals surface area contributed by atoms with Gasteiger partial charge in [0.25, 0.3) is 0 Å². The van der Waals surface area contributed by atoms with E-state index in [-0.39, 0.29) is 5.41 Å². The molecular formula is C15H20O. The standard InChI is InChI=1S/C15H20O/c1-5-11-16-12-14(15(2,3)4)13-9-7-6-8-10-13/h1,6-10,14H,11-12H2,2-4H3. The summed E-state index contributed by atoms with van der Waals surface area (Å²) in [4.78, 5) is 0. The van der Waals surface area contributed by atoms with Gasteiger partial charge >= 0.3 is 0 Å². The average Bonchev–Trinajstić information content (AvgIpc) is 2.24. The predicted octanol–water partition coefficient (Wildman–Crippen LogP) is 3.47. The van der Waals surface area contributed by atoms with Crippen molar-refractivity contribution in [3.8, 4) is 12.3 Å². The molecule has 0 bridgehead atoms. The van der Waals surface area contributed by atoms with Crippen LogP contribution < -0.4 is 0 Å². The molecule has 0 fully saturated rings. The molecule has 1 nitrogen and oxygen atoms in total. The van der Waals surface area contributed by atoms with Crippen molar-refractivity contribution < 1.29 is 4.74 Å². The first-order chi connectivity index (χ1) is 7.55. The van der Waals surface area contributed by atoms with Gasteiger partial charge in [-0.15, -0.1) is 6.42 Å². The molecule has 0 aliphatic carbocycles. The highest BCUT2D eigenvalue weighted by Crippen LogP contribution is 2.34. The Morgan fingerprint density at radius 1 is 1.25 bits per heavy atom. The van der Waals surface area contributed by atoms with Crippen LogP contribution in [-0.2, 0) is 4.74 Å². The van der Waals surface area contributed by atoms with Gasteiger partial charge in [0.2, 0.25) is 0 Å². The lowest BCUT2D eigenvalue weighted by molar-refractivity contribution is 0.111. The van der Waals surface area contributed by atoms with Crippen molar-refractivity contribution in [2.75, 3.05) is 13.2 Å². The van der Waals surface area contributed by atoms with Gasteiger partial charge in [0.1, 0.15) is 6.61 Å². The molecule has 0 saturated carbocycles. The number of rotatable bonds is 4. The van der Waals surface area contributed by atoms with Gasteiger partial charge in [0, 0.05) is 5.92 Å². The third-order valence-electron chi connectivity index (χ3n) is 2.72. The van der Waals surface area contributed by atoms with Crippen molar-refractivity contribution in [2.24, 2.45) is 5.41 Å². The van der Waals surface area contributed by atoms with Crippen LogP contribution in [0.25, 0.3) is 0 Å². The van der Waals surface area contributed by atoms with Crippen LogP contribution in [0.4, 0.5) is 0 Å². The largest absolute Gasteiger partial charge is 0.368 e. The molecule has 0 aromatic heterocycles. The lowest BCUT2D eigenvalue weighted by Gasteiger charge is -2.30. The van der Waals surface area contributed by atoms with Crippen LogP contribution >= 0.6 is 0 Å². The van der Waals surface area contributed by atoms with Gasteiger partial charge in [-0.3, -0.25) is 0 Å². The summed E-state index contributed by atoms with van der Waals surface area (Å²) >= 11 is 0. The minimum absolute atomic E-state index is 0.177. The summed E-state index contributed by atoms with van der Waals surface area (Å²) in [5.74, 6) is 2.88. The summed E-state index contributed by atoms with van der Waals surface area (Å²) in [5.41, 5.74) is 1.49. The van der Waals surface area contributed by atoms with Crippen LogP contribution in [-0.4, -0.2) is 13.2 Å². The highest BCUT2D eigenvalue weighted by atomic mass is 16.5. The number of ether oxygens (including phenoxy) is 1. The van der Waals surface area contributed by atoms with Crippen LogP contribution in [0, 0.1) is 17.8 Å². The summed E-state index contributed by atoms with van der Waals surface area (Å²) < 4.78 is 5.49. The average molecular weight is 216 g/mol. The maximum absolute atomic E-state index is 5.49. The molecular weight excluding hydrogens is 196 g/mol. The molecule has 0 amide bonds. The van der Waals surface area contributed by atoms with E-state index in [2.05, 4.69) is 51.0 Å². The maximum Gasteiger partial charge on any atom is 0.107 e. The van der Waals surface area contributed by atoms with Crippen molar-refractivity contribution in [1.82, 2.24) is 0 Å². The van der Waals surface area contributed by atoms with Crippen LogP contribution in [0.1, 0.15) is 32.3 Å². The van der Waals surface area contributed by atoms with Gasteiger partial charge in [-0.05, 0) is 11.0 Å². The lowest BCUT2D eigenvalue weighted by atomic mass is 9.77. The van der Waals surface area contributed by atoms with Crippen molar-refractivity contribution in [3.05, 3.63) is 35.9 Å². The van der Waals surface area contributed by atoms with Crippen LogP contribution in [0.15, 0.2) is 30.3 Å². The maximum atomic E-state index is 5.49. The van der Waals surface area contributed by atoms with Gasteiger partial charge in [-0.1, -0.05) is 57.0 Å². The minimum atomic E-state index is 0.177. The Morgan fingerprint density at radius 3 is 2.38 bits per heavy atom. The molecule has 1 rings (SSSR count). The molecule has 16 heavy (non-hydrogen) atoms. The number of benzene rings is 1. The molecule has 0 aliphatic rings. The molecule has 1 aromatic rings. The second-order valence-electron chi connectivity index (χ2n) is 5.05. The molecule has 0 saturated heterocycles. The zero-order chi connectivity index (χ0) is 12.0. The summed E-state index contributed by atoms with van der Waals surface area (Å²) in [6.45, 7) is 7.74. The third-order valence-corrected chi connectivity index (χ3v) is 2.72. The molecule has 1 atom stereocenters. The van der Waals surface area contributed by atoms with Crippen LogP contribution in [0.3, 0.4) is 0 Å². The van der Waals surface area contributed by atoms with Gasteiger partial charge in [-0.2, -0.15) is 0 Å². The van der Waals surface area contributed by atoms with Crippen molar-refractivity contribution in [1.29, 1.82) is 0 Å². The number of hydrogen-bond donors (Lipinski definition) is 0. The summed E-state index contributed by atoms with van der Waals surface area (Å²) in [5, 5.41) is 0. The highest BCUT2D eigenvalue weighted by molar-refractivity contribution is 5.21. The van der Waals surface area contributed by atoms with E-state index in [0.717, 1.165) is 0 Å². The minimum Gasteiger partial charge on any atom is -0.368 e. The molecule has 0 spiro atoms. The Morgan fingerprint density at radius 2 is 1.88 bits per heavy atom. The first-order valence-corrected chi connectivity index (χ1v) is 5.62. The topological polar surface area (TPSA) is 9.23 Å². The Balaban J connectivity index is 2.77. The molecule has 0 aliphatic heterocycles. The summed E-state index contributed by atoms with van der Waals surface area (Å²) in [7, 11) is 0. The third kappa shape index (κ3) is 3.72. The second kappa shape index (κ2) is 5.72. The zero-order valence-corrected chi connectivity index (χ0v) is 10.4. The second-order valence-corrected chi connectivity index (χ2v) is 5.05. The van der Waals surface area contributed by atoms with E-state index in [4.69, 9.17) is 11.2 Å². The van der Waals surface area contributed by atoms with Gasteiger partial charge in [0.15, 0.2) is 0 Å². The zero-order valence-electron chi connectivity index (χ0n) is 10.4. The van der Waals surface area contributed by atoms with Crippen LogP contribution in [0.2, 0.25) is 0 Å². The summed E-state index contributed by atoms with van der Waals surface area (Å²) in [6, 6.07) is 10.5. The molecule has 0 radical (unpaired) electrons. The van der Waals surface area contributed by atoms with Gasteiger partial charge in [-0.25, -0.2) is 0 Å². The van der Waals surface area contributed by atoms with E-state index in [1.54, 1.807) is 0 Å². The smallest absolute Gasteiger partial charge is 0.107 e. The van der Waals surface area contributed by atoms with Gasteiger partial charge < -0.3 is 4.74 Å². The first-order valence-electron chi connectivity index (χ1n) is 5.62. The Kier molecular flexibility index (Phi) is 4.58. The summed E-state index contributed by atoms with van der Waals surface area (Å²) in [6.07, 6.45) is 5.19. The Bertz CT molecular complexity index is 340. The molecule has 1 unspecified atom stereocenters. The lowest BCUT2D eigenvalue weighted by Crippen LogP contribution is -2.23. The number of terminal acetylenes is 1. The quantitative estimate of drug-likeness (QED) is 0.553. The first kappa shape index (κ1) is 12.8. The van der Waals surface area contributed by atoms with E-state index < -0.39 is 0 Å². The molecule has 0 heterocycles. The van der Waals surface area contributed by atoms with E-state index in [9.17, 15) is 0 Å². The SMILES string of the molecule is C#CCOCC(c1ccccc1)C(C)(C)C. The highest BCUT2D eigenvalue weighted by Gasteiger charge is 2.26. The monoisotopic (exact) mass is 216 g/mol. The predicted molar refractivity (Wildman–Crippen MR) is 68.3 cm³/mol.